The summed E-state index contributed by atoms with van der Waals surface area (Å²) in [6.07, 6.45) is 0.870. The van der Waals surface area contributed by atoms with Crippen molar-refractivity contribution in [2.24, 2.45) is 23.7 Å². The summed E-state index contributed by atoms with van der Waals surface area (Å²) in [4.78, 5) is 25.0. The van der Waals surface area contributed by atoms with Crippen LogP contribution in [0.5, 0.6) is 0 Å². The highest BCUT2D eigenvalue weighted by molar-refractivity contribution is 9.09. The number of ether oxygens (including phenoxy) is 1. The van der Waals surface area contributed by atoms with Gasteiger partial charge in [-0.2, -0.15) is 0 Å². The quantitative estimate of drug-likeness (QED) is 0.649. The number of carbonyl (C=O) groups is 2. The Morgan fingerprint density at radius 3 is 2.82 bits per heavy atom. The Labute approximate surface area is 137 Å². The summed E-state index contributed by atoms with van der Waals surface area (Å²) in [5, 5.41) is 3.02. The number of halogens is 1. The Bertz CT molecular complexity index is 674. The Kier molecular flexibility index (Phi) is 3.12. The lowest BCUT2D eigenvalue weighted by molar-refractivity contribution is -0.145. The summed E-state index contributed by atoms with van der Waals surface area (Å²) in [6, 6.07) is 5.96. The number of fused-ring (bicyclic) bond motifs is 1. The van der Waals surface area contributed by atoms with E-state index in [-0.39, 0.29) is 46.5 Å². The summed E-state index contributed by atoms with van der Waals surface area (Å²) in [5.74, 6) is -0.378. The molecule has 0 radical (unpaired) electrons. The molecule has 1 aromatic rings. The number of esters is 1. The average Bonchev–Trinajstić information content (AvgIpc) is 3.06. The number of rotatable bonds is 2. The van der Waals surface area contributed by atoms with Gasteiger partial charge in [0.1, 0.15) is 6.10 Å². The van der Waals surface area contributed by atoms with Crippen LogP contribution >= 0.6 is 15.9 Å². The van der Waals surface area contributed by atoms with Gasteiger partial charge in [0.15, 0.2) is 0 Å². The van der Waals surface area contributed by atoms with Crippen molar-refractivity contribution in [2.75, 3.05) is 5.32 Å². The van der Waals surface area contributed by atoms with Crippen molar-refractivity contribution in [3.05, 3.63) is 29.3 Å². The van der Waals surface area contributed by atoms with E-state index in [1.807, 2.05) is 32.0 Å². The Morgan fingerprint density at radius 1 is 1.32 bits per heavy atom. The minimum absolute atomic E-state index is 0.0346. The first-order valence-electron chi connectivity index (χ1n) is 7.70. The second-order valence-electron chi connectivity index (χ2n) is 6.77. The van der Waals surface area contributed by atoms with Crippen LogP contribution in [-0.2, 0) is 14.3 Å². The zero-order valence-electron chi connectivity index (χ0n) is 12.5. The summed E-state index contributed by atoms with van der Waals surface area (Å²) in [5.41, 5.74) is 3.03. The fourth-order valence-corrected chi connectivity index (χ4v) is 5.54. The van der Waals surface area contributed by atoms with Crippen molar-refractivity contribution < 1.29 is 14.3 Å². The van der Waals surface area contributed by atoms with Crippen LogP contribution in [0.15, 0.2) is 18.2 Å². The van der Waals surface area contributed by atoms with E-state index in [1.54, 1.807) is 0 Å². The molecular formula is C17H18BrNO3. The molecule has 3 aliphatic rings. The zero-order chi connectivity index (χ0) is 15.6. The molecule has 1 aliphatic heterocycles. The van der Waals surface area contributed by atoms with E-state index in [4.69, 9.17) is 4.74 Å². The normalized spacial score (nSPS) is 38.2. The van der Waals surface area contributed by atoms with Crippen LogP contribution < -0.4 is 5.32 Å². The molecule has 1 heterocycles. The first-order chi connectivity index (χ1) is 10.5. The van der Waals surface area contributed by atoms with Gasteiger partial charge in [0.2, 0.25) is 5.91 Å². The second-order valence-corrected chi connectivity index (χ2v) is 7.83. The molecule has 5 heteroatoms. The molecular weight excluding hydrogens is 346 g/mol. The van der Waals surface area contributed by atoms with E-state index < -0.39 is 0 Å². The maximum Gasteiger partial charge on any atom is 0.310 e. The van der Waals surface area contributed by atoms with Gasteiger partial charge in [0.25, 0.3) is 0 Å². The smallest absolute Gasteiger partial charge is 0.310 e. The lowest BCUT2D eigenvalue weighted by Gasteiger charge is -2.27. The van der Waals surface area contributed by atoms with Crippen LogP contribution in [0.2, 0.25) is 0 Å². The van der Waals surface area contributed by atoms with Gasteiger partial charge < -0.3 is 10.1 Å². The fourth-order valence-electron chi connectivity index (χ4n) is 4.50. The van der Waals surface area contributed by atoms with Gasteiger partial charge in [-0.05, 0) is 37.8 Å². The van der Waals surface area contributed by atoms with Crippen LogP contribution in [0.3, 0.4) is 0 Å². The third-order valence-electron chi connectivity index (χ3n) is 5.47. The van der Waals surface area contributed by atoms with Crippen LogP contribution in [0.1, 0.15) is 17.5 Å². The number of carbonyl (C=O) groups excluding carboxylic acids is 2. The van der Waals surface area contributed by atoms with Crippen molar-refractivity contribution in [3.8, 4) is 0 Å². The van der Waals surface area contributed by atoms with Crippen molar-refractivity contribution in [2.45, 2.75) is 31.2 Å². The molecule has 116 valence electrons. The summed E-state index contributed by atoms with van der Waals surface area (Å²) >= 11 is 3.64. The van der Waals surface area contributed by atoms with Crippen LogP contribution in [-0.4, -0.2) is 22.8 Å². The first-order valence-corrected chi connectivity index (χ1v) is 8.61. The molecule has 0 spiro atoms. The minimum Gasteiger partial charge on any atom is -0.461 e. The fraction of sp³-hybridized carbons (Fsp3) is 0.529. The number of nitrogens with one attached hydrogen (secondary N) is 1. The molecule has 6 atom stereocenters. The molecule has 2 bridgehead atoms. The van der Waals surface area contributed by atoms with Crippen molar-refractivity contribution in [3.63, 3.8) is 0 Å². The number of aryl methyl sites for hydroxylation is 2. The Morgan fingerprint density at radius 2 is 2.09 bits per heavy atom. The van der Waals surface area contributed by atoms with E-state index in [1.165, 1.54) is 0 Å². The largest absolute Gasteiger partial charge is 0.461 e. The average molecular weight is 364 g/mol. The number of alkyl halides is 1. The Hall–Kier alpha value is -1.36. The third kappa shape index (κ3) is 1.87. The van der Waals surface area contributed by atoms with E-state index in [0.29, 0.717) is 0 Å². The van der Waals surface area contributed by atoms with Crippen LogP contribution in [0.4, 0.5) is 5.69 Å². The van der Waals surface area contributed by atoms with E-state index in [2.05, 4.69) is 21.2 Å². The van der Waals surface area contributed by atoms with Gasteiger partial charge in [-0.1, -0.05) is 33.6 Å². The maximum atomic E-state index is 12.8. The molecule has 1 amide bonds. The number of hydrogen-bond donors (Lipinski definition) is 1. The van der Waals surface area contributed by atoms with E-state index >= 15 is 0 Å². The molecule has 22 heavy (non-hydrogen) atoms. The summed E-state index contributed by atoms with van der Waals surface area (Å²) < 4.78 is 5.46. The standard InChI is InChI=1S/C17H18BrNO3/c1-7-3-4-11(8(2)5-7)19-16(20)12-9-6-10-13(12)17(21)22-15(10)14(9)18/h3-5,9-10,12-15H,6H2,1-2H3,(H,19,20)/t9-,10-,12-,13-,14+,15+/m1/s1. The van der Waals surface area contributed by atoms with Crippen LogP contribution in [0.25, 0.3) is 0 Å². The molecule has 2 saturated carbocycles. The first kappa shape index (κ1) is 14.2. The topological polar surface area (TPSA) is 55.4 Å². The van der Waals surface area contributed by atoms with Gasteiger partial charge in [0, 0.05) is 11.6 Å². The van der Waals surface area contributed by atoms with Gasteiger partial charge in [-0.25, -0.2) is 0 Å². The molecule has 1 saturated heterocycles. The highest BCUT2D eigenvalue weighted by Crippen LogP contribution is 2.60. The SMILES string of the molecule is Cc1ccc(NC(=O)[C@@H]2[C@H]3C[C@H]4[C@H](OC(=O)[C@H]42)[C@H]3Br)c(C)c1. The molecule has 2 aliphatic carbocycles. The van der Waals surface area contributed by atoms with E-state index in [0.717, 1.165) is 23.2 Å². The summed E-state index contributed by atoms with van der Waals surface area (Å²) in [7, 11) is 0. The summed E-state index contributed by atoms with van der Waals surface area (Å²) in [6.45, 7) is 4.01. The van der Waals surface area contributed by atoms with Gasteiger partial charge in [-0.15, -0.1) is 0 Å². The minimum atomic E-state index is -0.277. The molecule has 4 nitrogen and oxygen atoms in total. The lowest BCUT2D eigenvalue weighted by Crippen LogP contribution is -2.40. The van der Waals surface area contributed by atoms with Gasteiger partial charge in [-0.3, -0.25) is 9.59 Å². The maximum absolute atomic E-state index is 12.8. The molecule has 3 fully saturated rings. The number of hydrogen-bond acceptors (Lipinski definition) is 3. The highest BCUT2D eigenvalue weighted by atomic mass is 79.9. The lowest BCUT2D eigenvalue weighted by atomic mass is 9.79. The van der Waals surface area contributed by atoms with Gasteiger partial charge in [0.05, 0.1) is 16.7 Å². The molecule has 4 rings (SSSR count). The third-order valence-corrected chi connectivity index (χ3v) is 6.67. The highest BCUT2D eigenvalue weighted by Gasteiger charge is 2.67. The van der Waals surface area contributed by atoms with Crippen LogP contribution in [0, 0.1) is 37.5 Å². The molecule has 1 aromatic carbocycles. The van der Waals surface area contributed by atoms with Gasteiger partial charge >= 0.3 is 5.97 Å². The predicted octanol–water partition coefficient (Wildman–Crippen LogP) is 2.81. The monoisotopic (exact) mass is 363 g/mol. The van der Waals surface area contributed by atoms with Crippen molar-refractivity contribution >= 4 is 33.5 Å². The molecule has 0 unspecified atom stereocenters. The number of anilines is 1. The number of amides is 1. The number of benzene rings is 1. The molecule has 1 N–H and O–H groups in total. The molecule has 0 aromatic heterocycles. The van der Waals surface area contributed by atoms with E-state index in [9.17, 15) is 9.59 Å². The van der Waals surface area contributed by atoms with Crippen molar-refractivity contribution in [1.82, 2.24) is 0 Å². The second kappa shape index (κ2) is 4.82. The zero-order valence-corrected chi connectivity index (χ0v) is 14.1. The van der Waals surface area contributed by atoms with Crippen molar-refractivity contribution in [1.29, 1.82) is 0 Å². The predicted molar refractivity (Wildman–Crippen MR) is 85.7 cm³/mol. The Balaban J connectivity index is 1.59.